The first-order chi connectivity index (χ1) is 8.58. The molecular weight excluding hydrogens is 312 g/mol. The molecule has 5 heteroatoms. The van der Waals surface area contributed by atoms with Crippen molar-refractivity contribution < 1.29 is 4.79 Å². The second-order valence-corrected chi connectivity index (χ2v) is 7.06. The molecule has 0 N–H and O–H groups in total. The third kappa shape index (κ3) is 3.26. The summed E-state index contributed by atoms with van der Waals surface area (Å²) in [6.45, 7) is 6.10. The SMILES string of the molecule is CC(C)[C@H]1CN(C(=O)c2cncc(Br)c2)CCS1. The number of amides is 1. The van der Waals surface area contributed by atoms with Gasteiger partial charge >= 0.3 is 0 Å². The van der Waals surface area contributed by atoms with Crippen molar-refractivity contribution in [2.75, 3.05) is 18.8 Å². The van der Waals surface area contributed by atoms with Gasteiger partial charge in [-0.05, 0) is 27.9 Å². The minimum atomic E-state index is 0.0924. The number of carbonyl (C=O) groups excluding carboxylic acids is 1. The Bertz CT molecular complexity index is 439. The molecule has 1 fully saturated rings. The van der Waals surface area contributed by atoms with Gasteiger partial charge in [0.05, 0.1) is 5.56 Å². The van der Waals surface area contributed by atoms with Gasteiger partial charge in [0.2, 0.25) is 0 Å². The molecule has 0 unspecified atom stereocenters. The zero-order valence-corrected chi connectivity index (χ0v) is 13.0. The van der Waals surface area contributed by atoms with E-state index in [1.807, 2.05) is 22.7 Å². The number of pyridine rings is 1. The van der Waals surface area contributed by atoms with E-state index in [1.165, 1.54) is 0 Å². The molecule has 1 saturated heterocycles. The Morgan fingerprint density at radius 3 is 3.00 bits per heavy atom. The van der Waals surface area contributed by atoms with E-state index >= 15 is 0 Å². The summed E-state index contributed by atoms with van der Waals surface area (Å²) in [7, 11) is 0. The monoisotopic (exact) mass is 328 g/mol. The topological polar surface area (TPSA) is 33.2 Å². The van der Waals surface area contributed by atoms with Gasteiger partial charge in [-0.2, -0.15) is 11.8 Å². The molecule has 0 radical (unpaired) electrons. The summed E-state index contributed by atoms with van der Waals surface area (Å²) >= 11 is 5.32. The fourth-order valence-electron chi connectivity index (χ4n) is 1.97. The molecule has 0 spiro atoms. The van der Waals surface area contributed by atoms with Crippen molar-refractivity contribution in [1.29, 1.82) is 0 Å². The van der Waals surface area contributed by atoms with Gasteiger partial charge < -0.3 is 4.90 Å². The molecule has 0 saturated carbocycles. The molecule has 0 aromatic carbocycles. The Kier molecular flexibility index (Phi) is 4.67. The summed E-state index contributed by atoms with van der Waals surface area (Å²) in [6.07, 6.45) is 3.33. The summed E-state index contributed by atoms with van der Waals surface area (Å²) in [6, 6.07) is 1.83. The number of hydrogen-bond donors (Lipinski definition) is 0. The largest absolute Gasteiger partial charge is 0.337 e. The number of carbonyl (C=O) groups is 1. The number of rotatable bonds is 2. The number of halogens is 1. The average molecular weight is 329 g/mol. The number of hydrogen-bond acceptors (Lipinski definition) is 3. The maximum atomic E-state index is 12.4. The van der Waals surface area contributed by atoms with Crippen molar-refractivity contribution >= 4 is 33.6 Å². The van der Waals surface area contributed by atoms with Crippen molar-refractivity contribution in [2.24, 2.45) is 5.92 Å². The third-order valence-electron chi connectivity index (χ3n) is 3.08. The highest BCUT2D eigenvalue weighted by Crippen LogP contribution is 2.26. The van der Waals surface area contributed by atoms with Crippen LogP contribution in [-0.2, 0) is 0 Å². The van der Waals surface area contributed by atoms with E-state index in [4.69, 9.17) is 0 Å². The third-order valence-corrected chi connectivity index (χ3v) is 5.05. The first-order valence-electron chi connectivity index (χ1n) is 6.09. The molecule has 2 rings (SSSR count). The Morgan fingerprint density at radius 1 is 1.56 bits per heavy atom. The molecule has 1 aromatic rings. The maximum absolute atomic E-state index is 12.4. The molecule has 1 amide bonds. The summed E-state index contributed by atoms with van der Waals surface area (Å²) in [5.74, 6) is 1.72. The lowest BCUT2D eigenvalue weighted by atomic mass is 10.1. The van der Waals surface area contributed by atoms with E-state index in [2.05, 4.69) is 34.8 Å². The van der Waals surface area contributed by atoms with Crippen molar-refractivity contribution in [2.45, 2.75) is 19.1 Å². The van der Waals surface area contributed by atoms with Crippen LogP contribution in [0.25, 0.3) is 0 Å². The second kappa shape index (κ2) is 6.06. The zero-order valence-electron chi connectivity index (χ0n) is 10.6. The molecule has 0 aliphatic carbocycles. The van der Waals surface area contributed by atoms with E-state index < -0.39 is 0 Å². The molecule has 3 nitrogen and oxygen atoms in total. The highest BCUT2D eigenvalue weighted by molar-refractivity contribution is 9.10. The minimum Gasteiger partial charge on any atom is -0.337 e. The lowest BCUT2D eigenvalue weighted by Gasteiger charge is -2.34. The summed E-state index contributed by atoms with van der Waals surface area (Å²) < 4.78 is 0.847. The Labute approximate surface area is 120 Å². The van der Waals surface area contributed by atoms with Crippen molar-refractivity contribution in [1.82, 2.24) is 9.88 Å². The van der Waals surface area contributed by atoms with E-state index in [0.717, 1.165) is 23.3 Å². The Balaban J connectivity index is 2.09. The van der Waals surface area contributed by atoms with Crippen LogP contribution in [0.1, 0.15) is 24.2 Å². The van der Waals surface area contributed by atoms with Crippen LogP contribution < -0.4 is 0 Å². The second-order valence-electron chi connectivity index (χ2n) is 4.80. The smallest absolute Gasteiger partial charge is 0.255 e. The zero-order chi connectivity index (χ0) is 13.1. The van der Waals surface area contributed by atoms with Gasteiger partial charge in [-0.15, -0.1) is 0 Å². The van der Waals surface area contributed by atoms with Gasteiger partial charge in [-0.3, -0.25) is 9.78 Å². The quantitative estimate of drug-likeness (QED) is 0.836. The van der Waals surface area contributed by atoms with Gasteiger partial charge in [0.1, 0.15) is 0 Å². The van der Waals surface area contributed by atoms with Crippen LogP contribution >= 0.6 is 27.7 Å². The van der Waals surface area contributed by atoms with Crippen molar-refractivity contribution in [3.8, 4) is 0 Å². The van der Waals surface area contributed by atoms with E-state index in [9.17, 15) is 4.79 Å². The van der Waals surface area contributed by atoms with Crippen LogP contribution in [0.3, 0.4) is 0 Å². The molecule has 1 aliphatic rings. The number of nitrogens with zero attached hydrogens (tertiary/aromatic N) is 2. The Morgan fingerprint density at radius 2 is 2.33 bits per heavy atom. The first kappa shape index (κ1) is 13.9. The fraction of sp³-hybridized carbons (Fsp3) is 0.538. The van der Waals surface area contributed by atoms with E-state index in [1.54, 1.807) is 12.4 Å². The van der Waals surface area contributed by atoms with Crippen molar-refractivity contribution in [3.05, 3.63) is 28.5 Å². The van der Waals surface area contributed by atoms with Gasteiger partial charge in [-0.1, -0.05) is 13.8 Å². The van der Waals surface area contributed by atoms with Gasteiger partial charge in [0.25, 0.3) is 5.91 Å². The lowest BCUT2D eigenvalue weighted by molar-refractivity contribution is 0.0755. The molecule has 98 valence electrons. The van der Waals surface area contributed by atoms with Gasteiger partial charge in [-0.25, -0.2) is 0 Å². The van der Waals surface area contributed by atoms with Crippen LogP contribution in [0.2, 0.25) is 0 Å². The maximum Gasteiger partial charge on any atom is 0.255 e. The molecule has 1 atom stereocenters. The van der Waals surface area contributed by atoms with Crippen LogP contribution in [-0.4, -0.2) is 39.9 Å². The highest BCUT2D eigenvalue weighted by atomic mass is 79.9. The summed E-state index contributed by atoms with van der Waals surface area (Å²) in [5.41, 5.74) is 0.666. The molecular formula is C13H17BrN2OS. The molecule has 1 aromatic heterocycles. The van der Waals surface area contributed by atoms with Gasteiger partial charge in [0, 0.05) is 41.0 Å². The predicted octanol–water partition coefficient (Wildman–Crippen LogP) is 3.06. The van der Waals surface area contributed by atoms with Crippen LogP contribution in [0, 0.1) is 5.92 Å². The molecule has 1 aliphatic heterocycles. The fourth-order valence-corrected chi connectivity index (χ4v) is 3.64. The predicted molar refractivity (Wildman–Crippen MR) is 78.9 cm³/mol. The number of aromatic nitrogens is 1. The summed E-state index contributed by atoms with van der Waals surface area (Å²) in [5, 5.41) is 0.544. The van der Waals surface area contributed by atoms with Gasteiger partial charge in [0.15, 0.2) is 0 Å². The molecule has 2 heterocycles. The molecule has 18 heavy (non-hydrogen) atoms. The first-order valence-corrected chi connectivity index (χ1v) is 7.93. The minimum absolute atomic E-state index is 0.0924. The lowest BCUT2D eigenvalue weighted by Crippen LogP contribution is -2.43. The average Bonchev–Trinajstić information content (AvgIpc) is 2.38. The van der Waals surface area contributed by atoms with E-state index in [-0.39, 0.29) is 5.91 Å². The van der Waals surface area contributed by atoms with Crippen LogP contribution in [0.4, 0.5) is 0 Å². The van der Waals surface area contributed by atoms with Crippen LogP contribution in [0.15, 0.2) is 22.9 Å². The molecule has 0 bridgehead atoms. The van der Waals surface area contributed by atoms with E-state index in [0.29, 0.717) is 16.7 Å². The standard InChI is InChI=1S/C13H17BrN2OS/c1-9(2)12-8-16(3-4-18-12)13(17)10-5-11(14)7-15-6-10/h5-7,9,12H,3-4,8H2,1-2H3/t12-/m1/s1. The highest BCUT2D eigenvalue weighted by Gasteiger charge is 2.26. The normalized spacial score (nSPS) is 20.2. The summed E-state index contributed by atoms with van der Waals surface area (Å²) in [4.78, 5) is 18.4. The van der Waals surface area contributed by atoms with Crippen molar-refractivity contribution in [3.63, 3.8) is 0 Å². The number of thioether (sulfide) groups is 1. The van der Waals surface area contributed by atoms with Crippen LogP contribution in [0.5, 0.6) is 0 Å². The Hall–Kier alpha value is -0.550.